The van der Waals surface area contributed by atoms with Crippen LogP contribution < -0.4 is 5.32 Å². The molecular weight excluding hydrogens is 249 g/mol. The summed E-state index contributed by atoms with van der Waals surface area (Å²) in [5, 5.41) is 4.02. The fourth-order valence-electron chi connectivity index (χ4n) is 2.09. The number of rotatable bonds is 6. The minimum atomic E-state index is -0.277. The van der Waals surface area contributed by atoms with Gasteiger partial charge in [-0.05, 0) is 42.5 Å². The molecule has 0 aliphatic rings. The first-order valence-corrected chi connectivity index (χ1v) is 7.00. The predicted molar refractivity (Wildman–Crippen MR) is 76.6 cm³/mol. The minimum absolute atomic E-state index is 0.277. The molecule has 1 nitrogen and oxygen atoms in total. The lowest BCUT2D eigenvalue weighted by Gasteiger charge is -2.28. The SMILES string of the molecule is CCNC(Cc1ccc(F)cc1Cl)C(C)C(C)C. The van der Waals surface area contributed by atoms with E-state index in [0.717, 1.165) is 18.5 Å². The summed E-state index contributed by atoms with van der Waals surface area (Å²) in [6.07, 6.45) is 0.840. The second-order valence-corrected chi connectivity index (χ2v) is 5.61. The Labute approximate surface area is 115 Å². The van der Waals surface area contributed by atoms with Crippen LogP contribution in [-0.2, 0) is 6.42 Å². The number of halogens is 2. The Morgan fingerprint density at radius 1 is 1.28 bits per heavy atom. The van der Waals surface area contributed by atoms with Crippen LogP contribution in [0.15, 0.2) is 18.2 Å². The van der Waals surface area contributed by atoms with Crippen LogP contribution in [0.4, 0.5) is 4.39 Å². The van der Waals surface area contributed by atoms with E-state index in [1.54, 1.807) is 6.07 Å². The molecule has 1 aromatic carbocycles. The Kier molecular flexibility index (Phi) is 6.10. The Balaban J connectivity index is 2.82. The molecule has 0 saturated heterocycles. The number of hydrogen-bond acceptors (Lipinski definition) is 1. The lowest BCUT2D eigenvalue weighted by atomic mass is 9.86. The summed E-state index contributed by atoms with van der Waals surface area (Å²) in [4.78, 5) is 0. The predicted octanol–water partition coefficient (Wildman–Crippen LogP) is 4.29. The van der Waals surface area contributed by atoms with Crippen molar-refractivity contribution in [2.45, 2.75) is 40.2 Å². The molecule has 102 valence electrons. The van der Waals surface area contributed by atoms with Gasteiger partial charge in [-0.15, -0.1) is 0 Å². The molecule has 0 aliphatic heterocycles. The standard InChI is InChI=1S/C15H23ClFN/c1-5-18-15(11(4)10(2)3)8-12-6-7-13(17)9-14(12)16/h6-7,9-11,15,18H,5,8H2,1-4H3. The van der Waals surface area contributed by atoms with Crippen molar-refractivity contribution < 1.29 is 4.39 Å². The molecule has 2 atom stereocenters. The molecule has 3 heteroatoms. The summed E-state index contributed by atoms with van der Waals surface area (Å²) < 4.78 is 13.0. The first-order valence-electron chi connectivity index (χ1n) is 6.63. The van der Waals surface area contributed by atoms with Crippen LogP contribution in [0.1, 0.15) is 33.3 Å². The Bertz CT molecular complexity index is 379. The van der Waals surface area contributed by atoms with Crippen molar-refractivity contribution >= 4 is 11.6 Å². The maximum Gasteiger partial charge on any atom is 0.124 e. The van der Waals surface area contributed by atoms with Gasteiger partial charge < -0.3 is 5.32 Å². The Morgan fingerprint density at radius 3 is 2.44 bits per heavy atom. The molecule has 0 aromatic heterocycles. The molecule has 1 rings (SSSR count). The van der Waals surface area contributed by atoms with E-state index >= 15 is 0 Å². The molecule has 1 N–H and O–H groups in total. The third kappa shape index (κ3) is 4.25. The van der Waals surface area contributed by atoms with Crippen LogP contribution in [0.2, 0.25) is 5.02 Å². The fraction of sp³-hybridized carbons (Fsp3) is 0.600. The maximum atomic E-state index is 13.0. The van der Waals surface area contributed by atoms with E-state index in [9.17, 15) is 4.39 Å². The van der Waals surface area contributed by atoms with Crippen molar-refractivity contribution in [3.8, 4) is 0 Å². The van der Waals surface area contributed by atoms with Crippen molar-refractivity contribution in [1.82, 2.24) is 5.32 Å². The summed E-state index contributed by atoms with van der Waals surface area (Å²) >= 11 is 6.09. The van der Waals surface area contributed by atoms with Crippen LogP contribution in [0.25, 0.3) is 0 Å². The van der Waals surface area contributed by atoms with E-state index < -0.39 is 0 Å². The normalized spacial score (nSPS) is 14.8. The van der Waals surface area contributed by atoms with Crippen molar-refractivity contribution in [3.05, 3.63) is 34.6 Å². The van der Waals surface area contributed by atoms with Crippen LogP contribution in [0.3, 0.4) is 0 Å². The van der Waals surface area contributed by atoms with Gasteiger partial charge in [-0.1, -0.05) is 45.4 Å². The molecule has 0 bridgehead atoms. The Hall–Kier alpha value is -0.600. The summed E-state index contributed by atoms with van der Waals surface area (Å²) in [5.74, 6) is 0.875. The molecule has 0 saturated carbocycles. The summed E-state index contributed by atoms with van der Waals surface area (Å²) in [6, 6.07) is 5.03. The number of benzene rings is 1. The third-order valence-electron chi connectivity index (χ3n) is 3.61. The van der Waals surface area contributed by atoms with Crippen LogP contribution in [-0.4, -0.2) is 12.6 Å². The quantitative estimate of drug-likeness (QED) is 0.814. The second-order valence-electron chi connectivity index (χ2n) is 5.21. The van der Waals surface area contributed by atoms with Crippen LogP contribution >= 0.6 is 11.6 Å². The van der Waals surface area contributed by atoms with E-state index in [0.29, 0.717) is 22.9 Å². The lowest BCUT2D eigenvalue weighted by molar-refractivity contribution is 0.300. The average molecular weight is 272 g/mol. The molecule has 18 heavy (non-hydrogen) atoms. The largest absolute Gasteiger partial charge is 0.314 e. The molecule has 1 aromatic rings. The van der Waals surface area contributed by atoms with Gasteiger partial charge in [0.1, 0.15) is 5.82 Å². The van der Waals surface area contributed by atoms with Gasteiger partial charge in [0.2, 0.25) is 0 Å². The van der Waals surface area contributed by atoms with Gasteiger partial charge in [0.05, 0.1) is 0 Å². The zero-order valence-corrected chi connectivity index (χ0v) is 12.4. The molecule has 0 heterocycles. The maximum absolute atomic E-state index is 13.0. The van der Waals surface area contributed by atoms with Crippen LogP contribution in [0, 0.1) is 17.7 Å². The summed E-state index contributed by atoms with van der Waals surface area (Å²) in [5.41, 5.74) is 1.01. The molecule has 0 aliphatic carbocycles. The monoisotopic (exact) mass is 271 g/mol. The molecule has 0 amide bonds. The van der Waals surface area contributed by atoms with Crippen molar-refractivity contribution in [2.75, 3.05) is 6.54 Å². The number of hydrogen-bond donors (Lipinski definition) is 1. The fourth-order valence-corrected chi connectivity index (χ4v) is 2.34. The smallest absolute Gasteiger partial charge is 0.124 e. The molecule has 0 spiro atoms. The van der Waals surface area contributed by atoms with E-state index in [1.807, 2.05) is 0 Å². The highest BCUT2D eigenvalue weighted by Crippen LogP contribution is 2.23. The molecule has 0 radical (unpaired) electrons. The van der Waals surface area contributed by atoms with Gasteiger partial charge in [0.15, 0.2) is 0 Å². The number of nitrogens with one attached hydrogen (secondary N) is 1. The van der Waals surface area contributed by atoms with E-state index in [4.69, 9.17) is 11.6 Å². The van der Waals surface area contributed by atoms with Gasteiger partial charge in [-0.2, -0.15) is 0 Å². The topological polar surface area (TPSA) is 12.0 Å². The number of likely N-dealkylation sites (N-methyl/N-ethyl adjacent to an activating group) is 1. The first kappa shape index (κ1) is 15.5. The van der Waals surface area contributed by atoms with E-state index in [-0.39, 0.29) is 5.82 Å². The second kappa shape index (κ2) is 7.10. The highest BCUT2D eigenvalue weighted by atomic mass is 35.5. The van der Waals surface area contributed by atoms with Crippen molar-refractivity contribution in [1.29, 1.82) is 0 Å². The van der Waals surface area contributed by atoms with Crippen molar-refractivity contribution in [3.63, 3.8) is 0 Å². The van der Waals surface area contributed by atoms with Gasteiger partial charge in [-0.3, -0.25) is 0 Å². The zero-order valence-electron chi connectivity index (χ0n) is 11.6. The molecular formula is C15H23ClFN. The van der Waals surface area contributed by atoms with Crippen LogP contribution in [0.5, 0.6) is 0 Å². The summed E-state index contributed by atoms with van der Waals surface area (Å²) in [7, 11) is 0. The lowest BCUT2D eigenvalue weighted by Crippen LogP contribution is -2.39. The van der Waals surface area contributed by atoms with Gasteiger partial charge in [-0.25, -0.2) is 4.39 Å². The van der Waals surface area contributed by atoms with Gasteiger partial charge in [0, 0.05) is 11.1 Å². The minimum Gasteiger partial charge on any atom is -0.314 e. The zero-order chi connectivity index (χ0) is 13.7. The Morgan fingerprint density at radius 2 is 1.94 bits per heavy atom. The van der Waals surface area contributed by atoms with Crippen molar-refractivity contribution in [2.24, 2.45) is 11.8 Å². The van der Waals surface area contributed by atoms with Gasteiger partial charge >= 0.3 is 0 Å². The summed E-state index contributed by atoms with van der Waals surface area (Å²) in [6.45, 7) is 9.73. The first-order chi connectivity index (χ1) is 8.45. The van der Waals surface area contributed by atoms with E-state index in [2.05, 4.69) is 33.0 Å². The molecule has 2 unspecified atom stereocenters. The van der Waals surface area contributed by atoms with E-state index in [1.165, 1.54) is 12.1 Å². The molecule has 0 fully saturated rings. The average Bonchev–Trinajstić information content (AvgIpc) is 2.30. The van der Waals surface area contributed by atoms with Gasteiger partial charge in [0.25, 0.3) is 0 Å². The third-order valence-corrected chi connectivity index (χ3v) is 3.96. The highest BCUT2D eigenvalue weighted by molar-refractivity contribution is 6.31. The highest BCUT2D eigenvalue weighted by Gasteiger charge is 2.20.